The SMILES string of the molecule is COCCNC(=O)c1cc(-c2ccc(OC)cc2OC)nc2ccccc12. The van der Waals surface area contributed by atoms with Gasteiger partial charge < -0.3 is 19.5 Å². The second kappa shape index (κ2) is 8.51. The summed E-state index contributed by atoms with van der Waals surface area (Å²) in [6.45, 7) is 0.890. The van der Waals surface area contributed by atoms with Crippen LogP contribution in [-0.2, 0) is 4.74 Å². The van der Waals surface area contributed by atoms with Gasteiger partial charge in [-0.3, -0.25) is 4.79 Å². The van der Waals surface area contributed by atoms with Crippen molar-refractivity contribution in [1.29, 1.82) is 0 Å². The van der Waals surface area contributed by atoms with Crippen molar-refractivity contribution in [2.45, 2.75) is 0 Å². The first-order valence-electron chi connectivity index (χ1n) is 8.57. The second-order valence-corrected chi connectivity index (χ2v) is 5.89. The fourth-order valence-electron chi connectivity index (χ4n) is 2.87. The molecule has 0 unspecified atom stereocenters. The molecule has 27 heavy (non-hydrogen) atoms. The molecule has 0 aliphatic heterocycles. The highest BCUT2D eigenvalue weighted by Gasteiger charge is 2.16. The largest absolute Gasteiger partial charge is 0.497 e. The topological polar surface area (TPSA) is 69.7 Å². The van der Waals surface area contributed by atoms with Gasteiger partial charge in [0.1, 0.15) is 11.5 Å². The van der Waals surface area contributed by atoms with Crippen molar-refractivity contribution < 1.29 is 19.0 Å². The van der Waals surface area contributed by atoms with E-state index < -0.39 is 0 Å². The zero-order valence-corrected chi connectivity index (χ0v) is 15.6. The third-order valence-electron chi connectivity index (χ3n) is 4.24. The standard InChI is InChI=1S/C21H22N2O4/c1-25-11-10-22-21(24)17-13-19(23-18-7-5-4-6-15(17)18)16-9-8-14(26-2)12-20(16)27-3/h4-9,12-13H,10-11H2,1-3H3,(H,22,24). The zero-order chi connectivity index (χ0) is 19.2. The number of benzene rings is 2. The van der Waals surface area contributed by atoms with E-state index in [2.05, 4.69) is 5.32 Å². The molecular weight excluding hydrogens is 344 g/mol. The Hall–Kier alpha value is -3.12. The molecule has 0 bridgehead atoms. The Labute approximate surface area is 158 Å². The fourth-order valence-corrected chi connectivity index (χ4v) is 2.87. The maximum Gasteiger partial charge on any atom is 0.252 e. The molecule has 0 spiro atoms. The summed E-state index contributed by atoms with van der Waals surface area (Å²) in [4.78, 5) is 17.4. The average Bonchev–Trinajstić information content (AvgIpc) is 2.72. The fraction of sp³-hybridized carbons (Fsp3) is 0.238. The summed E-state index contributed by atoms with van der Waals surface area (Å²) in [6.07, 6.45) is 0. The Bertz CT molecular complexity index is 956. The van der Waals surface area contributed by atoms with Gasteiger partial charge in [0, 0.05) is 30.7 Å². The van der Waals surface area contributed by atoms with E-state index in [4.69, 9.17) is 19.2 Å². The molecule has 6 heteroatoms. The number of carbonyl (C=O) groups is 1. The molecule has 0 saturated heterocycles. The molecule has 6 nitrogen and oxygen atoms in total. The van der Waals surface area contributed by atoms with E-state index in [0.717, 1.165) is 16.5 Å². The summed E-state index contributed by atoms with van der Waals surface area (Å²) in [5, 5.41) is 3.67. The van der Waals surface area contributed by atoms with Crippen LogP contribution < -0.4 is 14.8 Å². The van der Waals surface area contributed by atoms with Gasteiger partial charge in [-0.2, -0.15) is 0 Å². The number of nitrogens with zero attached hydrogens (tertiary/aromatic N) is 1. The molecule has 0 saturated carbocycles. The number of fused-ring (bicyclic) bond motifs is 1. The molecule has 1 N–H and O–H groups in total. The molecule has 3 aromatic rings. The molecule has 1 amide bonds. The van der Waals surface area contributed by atoms with Gasteiger partial charge in [0.05, 0.1) is 37.6 Å². The Balaban J connectivity index is 2.11. The first-order chi connectivity index (χ1) is 13.2. The van der Waals surface area contributed by atoms with E-state index in [1.807, 2.05) is 36.4 Å². The second-order valence-electron chi connectivity index (χ2n) is 5.89. The van der Waals surface area contributed by atoms with Gasteiger partial charge in [-0.05, 0) is 24.3 Å². The Morgan fingerprint density at radius 2 is 1.85 bits per heavy atom. The number of carbonyl (C=O) groups excluding carboxylic acids is 1. The summed E-state index contributed by atoms with van der Waals surface area (Å²) in [5.41, 5.74) is 2.74. The van der Waals surface area contributed by atoms with E-state index in [0.29, 0.717) is 35.9 Å². The monoisotopic (exact) mass is 366 g/mol. The van der Waals surface area contributed by atoms with Crippen LogP contribution >= 0.6 is 0 Å². The van der Waals surface area contributed by atoms with Crippen molar-refractivity contribution >= 4 is 16.8 Å². The van der Waals surface area contributed by atoms with Crippen LogP contribution in [0.25, 0.3) is 22.2 Å². The Morgan fingerprint density at radius 1 is 1.04 bits per heavy atom. The quantitative estimate of drug-likeness (QED) is 0.650. The Kier molecular flexibility index (Phi) is 5.88. The number of methoxy groups -OCH3 is 3. The first-order valence-corrected chi connectivity index (χ1v) is 8.57. The van der Waals surface area contributed by atoms with E-state index >= 15 is 0 Å². The predicted octanol–water partition coefficient (Wildman–Crippen LogP) is 3.30. The maximum atomic E-state index is 12.7. The van der Waals surface area contributed by atoms with Crippen LogP contribution in [0.1, 0.15) is 10.4 Å². The number of hydrogen-bond donors (Lipinski definition) is 1. The normalized spacial score (nSPS) is 10.6. The van der Waals surface area contributed by atoms with Gasteiger partial charge in [0.15, 0.2) is 0 Å². The van der Waals surface area contributed by atoms with E-state index in [1.54, 1.807) is 33.5 Å². The number of amides is 1. The number of hydrogen-bond acceptors (Lipinski definition) is 5. The summed E-state index contributed by atoms with van der Waals surface area (Å²) in [5.74, 6) is 1.15. The third-order valence-corrected chi connectivity index (χ3v) is 4.24. The zero-order valence-electron chi connectivity index (χ0n) is 15.6. The average molecular weight is 366 g/mol. The van der Waals surface area contributed by atoms with E-state index in [-0.39, 0.29) is 5.91 Å². The molecule has 1 heterocycles. The van der Waals surface area contributed by atoms with E-state index in [9.17, 15) is 4.79 Å². The van der Waals surface area contributed by atoms with Gasteiger partial charge >= 0.3 is 0 Å². The number of nitrogens with one attached hydrogen (secondary N) is 1. The summed E-state index contributed by atoms with van der Waals surface area (Å²) in [6, 6.07) is 14.9. The minimum atomic E-state index is -0.167. The van der Waals surface area contributed by atoms with Crippen LogP contribution in [-0.4, -0.2) is 45.4 Å². The summed E-state index contributed by atoms with van der Waals surface area (Å²) in [7, 11) is 4.80. The molecule has 2 aromatic carbocycles. The van der Waals surface area contributed by atoms with E-state index in [1.165, 1.54) is 0 Å². The number of aromatic nitrogens is 1. The highest BCUT2D eigenvalue weighted by atomic mass is 16.5. The molecule has 140 valence electrons. The summed E-state index contributed by atoms with van der Waals surface area (Å²) >= 11 is 0. The highest BCUT2D eigenvalue weighted by Crippen LogP contribution is 2.34. The molecule has 0 radical (unpaired) electrons. The third kappa shape index (κ3) is 4.01. The lowest BCUT2D eigenvalue weighted by atomic mass is 10.0. The summed E-state index contributed by atoms with van der Waals surface area (Å²) < 4.78 is 15.8. The lowest BCUT2D eigenvalue weighted by molar-refractivity contribution is 0.0938. The van der Waals surface area contributed by atoms with Crippen LogP contribution in [0, 0.1) is 0 Å². The smallest absolute Gasteiger partial charge is 0.252 e. The van der Waals surface area contributed by atoms with Crippen molar-refractivity contribution in [2.75, 3.05) is 34.5 Å². The molecule has 0 aliphatic rings. The van der Waals surface area contributed by atoms with Gasteiger partial charge in [0.2, 0.25) is 0 Å². The molecule has 3 rings (SSSR count). The van der Waals surface area contributed by atoms with Gasteiger partial charge in [-0.15, -0.1) is 0 Å². The lowest BCUT2D eigenvalue weighted by Gasteiger charge is -2.13. The van der Waals surface area contributed by atoms with Crippen molar-refractivity contribution in [1.82, 2.24) is 10.3 Å². The number of para-hydroxylation sites is 1. The van der Waals surface area contributed by atoms with Gasteiger partial charge in [-0.25, -0.2) is 4.98 Å². The highest BCUT2D eigenvalue weighted by molar-refractivity contribution is 6.07. The number of ether oxygens (including phenoxy) is 3. The molecule has 0 fully saturated rings. The van der Waals surface area contributed by atoms with Crippen molar-refractivity contribution in [3.05, 3.63) is 54.1 Å². The van der Waals surface area contributed by atoms with Gasteiger partial charge in [-0.1, -0.05) is 18.2 Å². The van der Waals surface area contributed by atoms with Gasteiger partial charge in [0.25, 0.3) is 5.91 Å². The van der Waals surface area contributed by atoms with Crippen molar-refractivity contribution in [3.8, 4) is 22.8 Å². The Morgan fingerprint density at radius 3 is 2.59 bits per heavy atom. The lowest BCUT2D eigenvalue weighted by Crippen LogP contribution is -2.27. The molecule has 1 aromatic heterocycles. The molecular formula is C21H22N2O4. The minimum Gasteiger partial charge on any atom is -0.497 e. The van der Waals surface area contributed by atoms with Crippen LogP contribution in [0.5, 0.6) is 11.5 Å². The van der Waals surface area contributed by atoms with Crippen molar-refractivity contribution in [3.63, 3.8) is 0 Å². The minimum absolute atomic E-state index is 0.167. The molecule has 0 atom stereocenters. The van der Waals surface area contributed by atoms with Crippen LogP contribution in [0.15, 0.2) is 48.5 Å². The first kappa shape index (κ1) is 18.7. The number of rotatable bonds is 7. The van der Waals surface area contributed by atoms with Crippen LogP contribution in [0.4, 0.5) is 0 Å². The van der Waals surface area contributed by atoms with Crippen LogP contribution in [0.2, 0.25) is 0 Å². The predicted molar refractivity (Wildman–Crippen MR) is 104 cm³/mol. The number of pyridine rings is 1. The van der Waals surface area contributed by atoms with Crippen molar-refractivity contribution in [2.24, 2.45) is 0 Å². The molecule has 0 aliphatic carbocycles. The van der Waals surface area contributed by atoms with Crippen LogP contribution in [0.3, 0.4) is 0 Å². The maximum absolute atomic E-state index is 12.7.